The Hall–Kier alpha value is -1.76. The average Bonchev–Trinajstić information content (AvgIpc) is 3.30. The molecular weight excluding hydrogens is 364 g/mol. The van der Waals surface area contributed by atoms with E-state index in [9.17, 15) is 0 Å². The highest BCUT2D eigenvalue weighted by Crippen LogP contribution is 2.40. The maximum Gasteiger partial charge on any atom is 0.162 e. The predicted molar refractivity (Wildman–Crippen MR) is 107 cm³/mol. The van der Waals surface area contributed by atoms with Crippen molar-refractivity contribution >= 4 is 12.4 Å². The van der Waals surface area contributed by atoms with E-state index in [0.29, 0.717) is 18.6 Å². The van der Waals surface area contributed by atoms with Crippen LogP contribution in [0, 0.1) is 5.41 Å². The number of nitrogens with zero attached hydrogens (tertiary/aromatic N) is 2. The molecule has 3 aliphatic heterocycles. The summed E-state index contributed by atoms with van der Waals surface area (Å²) in [5.41, 5.74) is 3.99. The van der Waals surface area contributed by atoms with Gasteiger partial charge in [0.15, 0.2) is 11.5 Å². The molecule has 0 radical (unpaired) electrons. The van der Waals surface area contributed by atoms with Crippen LogP contribution in [0.15, 0.2) is 24.4 Å². The Morgan fingerprint density at radius 1 is 1.07 bits per heavy atom. The molecule has 1 spiro atoms. The summed E-state index contributed by atoms with van der Waals surface area (Å²) in [7, 11) is 0. The Balaban J connectivity index is 0.00000180. The Kier molecular flexibility index (Phi) is 5.30. The van der Waals surface area contributed by atoms with Gasteiger partial charge < -0.3 is 14.8 Å². The molecule has 27 heavy (non-hydrogen) atoms. The van der Waals surface area contributed by atoms with E-state index in [-0.39, 0.29) is 12.4 Å². The number of benzene rings is 1. The van der Waals surface area contributed by atoms with Gasteiger partial charge >= 0.3 is 0 Å². The SMILES string of the molecule is Cl.c1cc2c(cc1-c1[nH]ncc1CN1CCC3(CCNCC3)C1)OCCO2. The van der Waals surface area contributed by atoms with Crippen LogP contribution >= 0.6 is 12.4 Å². The predicted octanol–water partition coefficient (Wildman–Crippen LogP) is 2.85. The second kappa shape index (κ2) is 7.70. The molecule has 0 amide bonds. The number of H-pyrrole nitrogens is 1. The van der Waals surface area contributed by atoms with Gasteiger partial charge in [0.2, 0.25) is 0 Å². The molecule has 0 saturated carbocycles. The molecule has 5 rings (SSSR count). The first-order valence-corrected chi connectivity index (χ1v) is 9.67. The fourth-order valence-corrected chi connectivity index (χ4v) is 4.65. The van der Waals surface area contributed by atoms with Crippen LogP contribution in [-0.4, -0.2) is 54.5 Å². The van der Waals surface area contributed by atoms with Crippen molar-refractivity contribution in [3.8, 4) is 22.8 Å². The van der Waals surface area contributed by atoms with Gasteiger partial charge in [-0.1, -0.05) is 0 Å². The molecule has 0 aliphatic carbocycles. The minimum absolute atomic E-state index is 0. The molecule has 2 fully saturated rings. The van der Waals surface area contributed by atoms with Crippen molar-refractivity contribution in [2.75, 3.05) is 39.4 Å². The standard InChI is InChI=1S/C20H26N4O2.ClH/c1-2-17-18(26-10-9-25-17)11-15(1)19-16(12-22-23-19)13-24-8-5-20(14-24)3-6-21-7-4-20;/h1-2,11-12,21H,3-10,13-14H2,(H,22,23);1H. The molecule has 0 bridgehead atoms. The minimum atomic E-state index is 0. The number of piperidine rings is 1. The molecule has 0 unspecified atom stereocenters. The largest absolute Gasteiger partial charge is 0.486 e. The zero-order valence-electron chi connectivity index (χ0n) is 15.5. The van der Waals surface area contributed by atoms with Crippen molar-refractivity contribution in [2.45, 2.75) is 25.8 Å². The van der Waals surface area contributed by atoms with Gasteiger partial charge in [-0.2, -0.15) is 5.10 Å². The van der Waals surface area contributed by atoms with E-state index in [4.69, 9.17) is 9.47 Å². The van der Waals surface area contributed by atoms with Gasteiger partial charge in [-0.25, -0.2) is 0 Å². The molecule has 3 aliphatic rings. The molecule has 2 N–H and O–H groups in total. The van der Waals surface area contributed by atoms with E-state index in [1.54, 1.807) is 0 Å². The van der Waals surface area contributed by atoms with Crippen LogP contribution < -0.4 is 14.8 Å². The van der Waals surface area contributed by atoms with Gasteiger partial charge in [0.25, 0.3) is 0 Å². The molecule has 6 nitrogen and oxygen atoms in total. The zero-order chi connectivity index (χ0) is 17.4. The first-order valence-electron chi connectivity index (χ1n) is 9.67. The summed E-state index contributed by atoms with van der Waals surface area (Å²) < 4.78 is 11.4. The third-order valence-electron chi connectivity index (χ3n) is 6.12. The van der Waals surface area contributed by atoms with E-state index in [0.717, 1.165) is 29.3 Å². The third-order valence-corrected chi connectivity index (χ3v) is 6.12. The quantitative estimate of drug-likeness (QED) is 0.843. The third kappa shape index (κ3) is 3.66. The Bertz CT molecular complexity index is 788. The van der Waals surface area contributed by atoms with Gasteiger partial charge in [-0.3, -0.25) is 10.00 Å². The van der Waals surface area contributed by atoms with E-state index in [1.807, 2.05) is 12.3 Å². The molecule has 146 valence electrons. The molecule has 2 saturated heterocycles. The van der Waals surface area contributed by atoms with Crippen LogP contribution in [0.25, 0.3) is 11.3 Å². The maximum absolute atomic E-state index is 5.74. The Morgan fingerprint density at radius 2 is 1.89 bits per heavy atom. The van der Waals surface area contributed by atoms with Gasteiger partial charge in [0, 0.05) is 24.2 Å². The molecule has 1 aromatic carbocycles. The Morgan fingerprint density at radius 3 is 2.74 bits per heavy atom. The smallest absolute Gasteiger partial charge is 0.162 e. The lowest BCUT2D eigenvalue weighted by Gasteiger charge is -2.33. The minimum Gasteiger partial charge on any atom is -0.486 e. The molecule has 1 aromatic heterocycles. The van der Waals surface area contributed by atoms with E-state index >= 15 is 0 Å². The summed E-state index contributed by atoms with van der Waals surface area (Å²) in [6.45, 7) is 6.91. The van der Waals surface area contributed by atoms with Crippen LogP contribution in [0.4, 0.5) is 0 Å². The van der Waals surface area contributed by atoms with Crippen LogP contribution in [0.3, 0.4) is 0 Å². The number of ether oxygens (including phenoxy) is 2. The number of hydrogen-bond acceptors (Lipinski definition) is 5. The summed E-state index contributed by atoms with van der Waals surface area (Å²) in [5, 5.41) is 11.0. The zero-order valence-corrected chi connectivity index (χ0v) is 16.3. The van der Waals surface area contributed by atoms with Crippen LogP contribution in [0.2, 0.25) is 0 Å². The van der Waals surface area contributed by atoms with Gasteiger partial charge in [-0.15, -0.1) is 12.4 Å². The first kappa shape index (κ1) is 18.6. The van der Waals surface area contributed by atoms with Gasteiger partial charge in [0.05, 0.1) is 11.9 Å². The fourth-order valence-electron chi connectivity index (χ4n) is 4.65. The van der Waals surface area contributed by atoms with Crippen LogP contribution in [0.5, 0.6) is 11.5 Å². The summed E-state index contributed by atoms with van der Waals surface area (Å²) >= 11 is 0. The molecule has 7 heteroatoms. The summed E-state index contributed by atoms with van der Waals surface area (Å²) in [4.78, 5) is 2.59. The topological polar surface area (TPSA) is 62.4 Å². The summed E-state index contributed by atoms with van der Waals surface area (Å²) in [5.74, 6) is 1.65. The highest BCUT2D eigenvalue weighted by Gasteiger charge is 2.38. The maximum atomic E-state index is 5.74. The first-order chi connectivity index (χ1) is 12.8. The highest BCUT2D eigenvalue weighted by atomic mass is 35.5. The number of rotatable bonds is 3. The molecular formula is C20H27ClN4O2. The second-order valence-corrected chi connectivity index (χ2v) is 7.84. The van der Waals surface area contributed by atoms with Crippen molar-refractivity contribution in [3.05, 3.63) is 30.0 Å². The molecule has 0 atom stereocenters. The number of aromatic nitrogens is 2. The number of hydrogen-bond donors (Lipinski definition) is 2. The molecule has 2 aromatic rings. The average molecular weight is 391 g/mol. The highest BCUT2D eigenvalue weighted by molar-refractivity contribution is 5.85. The van der Waals surface area contributed by atoms with E-state index in [2.05, 4.69) is 32.5 Å². The lowest BCUT2D eigenvalue weighted by atomic mass is 9.78. The number of halogens is 1. The monoisotopic (exact) mass is 390 g/mol. The fraction of sp³-hybridized carbons (Fsp3) is 0.550. The van der Waals surface area contributed by atoms with E-state index in [1.165, 1.54) is 51.0 Å². The summed E-state index contributed by atoms with van der Waals surface area (Å²) in [6, 6.07) is 6.14. The molecule has 4 heterocycles. The lowest BCUT2D eigenvalue weighted by molar-refractivity contribution is 0.171. The Labute approximate surface area is 166 Å². The number of likely N-dealkylation sites (tertiary alicyclic amines) is 1. The van der Waals surface area contributed by atoms with Crippen molar-refractivity contribution in [2.24, 2.45) is 5.41 Å². The number of fused-ring (bicyclic) bond motifs is 1. The summed E-state index contributed by atoms with van der Waals surface area (Å²) in [6.07, 6.45) is 5.92. The van der Waals surface area contributed by atoms with E-state index < -0.39 is 0 Å². The van der Waals surface area contributed by atoms with Crippen molar-refractivity contribution in [1.29, 1.82) is 0 Å². The number of aromatic amines is 1. The lowest BCUT2D eigenvalue weighted by Crippen LogP contribution is -2.38. The van der Waals surface area contributed by atoms with Gasteiger partial charge in [0.1, 0.15) is 13.2 Å². The second-order valence-electron chi connectivity index (χ2n) is 7.84. The van der Waals surface area contributed by atoms with Gasteiger partial charge in [-0.05, 0) is 62.5 Å². The van der Waals surface area contributed by atoms with Crippen molar-refractivity contribution < 1.29 is 9.47 Å². The normalized spacial score (nSPS) is 21.2. The van der Waals surface area contributed by atoms with Crippen LogP contribution in [-0.2, 0) is 6.54 Å². The van der Waals surface area contributed by atoms with Crippen LogP contribution in [0.1, 0.15) is 24.8 Å². The number of nitrogens with one attached hydrogen (secondary N) is 2. The van der Waals surface area contributed by atoms with Crippen molar-refractivity contribution in [1.82, 2.24) is 20.4 Å². The van der Waals surface area contributed by atoms with Crippen molar-refractivity contribution in [3.63, 3.8) is 0 Å².